The Hall–Kier alpha value is -1.69. The lowest BCUT2D eigenvalue weighted by molar-refractivity contribution is 0.407. The lowest BCUT2D eigenvalue weighted by Crippen LogP contribution is -2.22. The van der Waals surface area contributed by atoms with Gasteiger partial charge in [-0.3, -0.25) is 0 Å². The highest BCUT2D eigenvalue weighted by atomic mass is 16.5. The molecule has 1 aliphatic carbocycles. The van der Waals surface area contributed by atoms with Crippen molar-refractivity contribution in [1.29, 1.82) is 5.26 Å². The Kier molecular flexibility index (Phi) is 3.47. The SMILES string of the molecule is CCN(CC)c1ccc(C2(C#N)CC2)c(OC)c1. The summed E-state index contributed by atoms with van der Waals surface area (Å²) in [6.07, 6.45) is 1.90. The Labute approximate surface area is 109 Å². The van der Waals surface area contributed by atoms with Crippen molar-refractivity contribution in [3.8, 4) is 11.8 Å². The van der Waals surface area contributed by atoms with Crippen LogP contribution in [0.4, 0.5) is 5.69 Å². The normalized spacial score (nSPS) is 15.9. The second kappa shape index (κ2) is 4.89. The average Bonchev–Trinajstić information content (AvgIpc) is 3.21. The molecule has 96 valence electrons. The Morgan fingerprint density at radius 1 is 1.33 bits per heavy atom. The molecule has 3 nitrogen and oxygen atoms in total. The van der Waals surface area contributed by atoms with Gasteiger partial charge < -0.3 is 9.64 Å². The number of hydrogen-bond acceptors (Lipinski definition) is 3. The fourth-order valence-electron chi connectivity index (χ4n) is 2.43. The van der Waals surface area contributed by atoms with Gasteiger partial charge >= 0.3 is 0 Å². The first kappa shape index (κ1) is 12.8. The van der Waals surface area contributed by atoms with Gasteiger partial charge in [-0.15, -0.1) is 0 Å². The van der Waals surface area contributed by atoms with E-state index in [1.54, 1.807) is 7.11 Å². The van der Waals surface area contributed by atoms with Crippen LogP contribution in [0.1, 0.15) is 32.3 Å². The molecular formula is C15H20N2O. The largest absolute Gasteiger partial charge is 0.496 e. The van der Waals surface area contributed by atoms with E-state index in [0.29, 0.717) is 0 Å². The molecule has 0 amide bonds. The summed E-state index contributed by atoms with van der Waals surface area (Å²) in [5.41, 5.74) is 1.92. The van der Waals surface area contributed by atoms with Crippen LogP contribution in [0.15, 0.2) is 18.2 Å². The summed E-state index contributed by atoms with van der Waals surface area (Å²) in [6.45, 7) is 6.23. The van der Waals surface area contributed by atoms with E-state index in [1.165, 1.54) is 0 Å². The highest BCUT2D eigenvalue weighted by molar-refractivity contribution is 5.58. The van der Waals surface area contributed by atoms with Crippen LogP contribution in [0.3, 0.4) is 0 Å². The van der Waals surface area contributed by atoms with Crippen LogP contribution in [0.25, 0.3) is 0 Å². The average molecular weight is 244 g/mol. The van der Waals surface area contributed by atoms with E-state index in [-0.39, 0.29) is 5.41 Å². The number of nitriles is 1. The van der Waals surface area contributed by atoms with Gasteiger partial charge in [0.05, 0.1) is 18.6 Å². The van der Waals surface area contributed by atoms with Crippen LogP contribution < -0.4 is 9.64 Å². The maximum Gasteiger partial charge on any atom is 0.125 e. The molecule has 1 aliphatic rings. The molecule has 0 unspecified atom stereocenters. The molecule has 1 aromatic carbocycles. The van der Waals surface area contributed by atoms with Gasteiger partial charge in [0.1, 0.15) is 5.75 Å². The fraction of sp³-hybridized carbons (Fsp3) is 0.533. The molecule has 0 heterocycles. The maximum absolute atomic E-state index is 9.28. The molecule has 0 N–H and O–H groups in total. The van der Waals surface area contributed by atoms with Gasteiger partial charge in [-0.2, -0.15) is 5.26 Å². The zero-order valence-corrected chi connectivity index (χ0v) is 11.4. The highest BCUT2D eigenvalue weighted by Gasteiger charge is 2.46. The predicted octanol–water partition coefficient (Wildman–Crippen LogP) is 3.10. The van der Waals surface area contributed by atoms with Crippen molar-refractivity contribution in [3.63, 3.8) is 0 Å². The number of methoxy groups -OCH3 is 1. The molecule has 1 fully saturated rings. The van der Waals surface area contributed by atoms with Gasteiger partial charge in [-0.25, -0.2) is 0 Å². The molecule has 0 aliphatic heterocycles. The molecule has 0 spiro atoms. The molecule has 0 aromatic heterocycles. The number of nitrogens with zero attached hydrogens (tertiary/aromatic N) is 2. The fourth-order valence-corrected chi connectivity index (χ4v) is 2.43. The van der Waals surface area contributed by atoms with Crippen LogP contribution in [-0.4, -0.2) is 20.2 Å². The first-order valence-corrected chi connectivity index (χ1v) is 6.55. The third kappa shape index (κ3) is 2.03. The quantitative estimate of drug-likeness (QED) is 0.798. The number of rotatable bonds is 5. The molecule has 1 aromatic rings. The van der Waals surface area contributed by atoms with Crippen molar-refractivity contribution in [2.24, 2.45) is 0 Å². The molecule has 18 heavy (non-hydrogen) atoms. The smallest absolute Gasteiger partial charge is 0.125 e. The number of hydrogen-bond donors (Lipinski definition) is 0. The maximum atomic E-state index is 9.28. The first-order chi connectivity index (χ1) is 8.70. The van der Waals surface area contributed by atoms with Crippen molar-refractivity contribution < 1.29 is 4.74 Å². The molecule has 0 bridgehead atoms. The van der Waals surface area contributed by atoms with E-state index in [9.17, 15) is 5.26 Å². The van der Waals surface area contributed by atoms with Gasteiger partial charge in [0.15, 0.2) is 0 Å². The van der Waals surface area contributed by atoms with Gasteiger partial charge in [-0.1, -0.05) is 6.07 Å². The van der Waals surface area contributed by atoms with E-state index in [0.717, 1.165) is 42.9 Å². The van der Waals surface area contributed by atoms with Crippen molar-refractivity contribution in [1.82, 2.24) is 0 Å². The minimum Gasteiger partial charge on any atom is -0.496 e. The molecule has 0 radical (unpaired) electrons. The molecular weight excluding hydrogens is 224 g/mol. The third-order valence-corrected chi connectivity index (χ3v) is 3.79. The lowest BCUT2D eigenvalue weighted by Gasteiger charge is -2.23. The summed E-state index contributed by atoms with van der Waals surface area (Å²) in [5.74, 6) is 0.846. The summed E-state index contributed by atoms with van der Waals surface area (Å²) in [5, 5.41) is 9.28. The summed E-state index contributed by atoms with van der Waals surface area (Å²) in [7, 11) is 1.68. The van der Waals surface area contributed by atoms with Crippen LogP contribution in [-0.2, 0) is 5.41 Å². The molecule has 0 atom stereocenters. The Balaban J connectivity index is 2.38. The summed E-state index contributed by atoms with van der Waals surface area (Å²) in [6, 6.07) is 8.64. The van der Waals surface area contributed by atoms with Crippen LogP contribution in [0.5, 0.6) is 5.75 Å². The number of ether oxygens (including phenoxy) is 1. The van der Waals surface area contributed by atoms with Gasteiger partial charge in [-0.05, 0) is 32.8 Å². The Bertz CT molecular complexity index is 468. The second-order valence-electron chi connectivity index (χ2n) is 4.75. The van der Waals surface area contributed by atoms with Crippen molar-refractivity contribution >= 4 is 5.69 Å². The molecule has 3 heteroatoms. The Morgan fingerprint density at radius 2 is 2.00 bits per heavy atom. The van der Waals surface area contributed by atoms with E-state index in [2.05, 4.69) is 43.0 Å². The topological polar surface area (TPSA) is 36.3 Å². The zero-order chi connectivity index (χ0) is 13.2. The monoisotopic (exact) mass is 244 g/mol. The van der Waals surface area contributed by atoms with E-state index < -0.39 is 0 Å². The molecule has 2 rings (SSSR count). The van der Waals surface area contributed by atoms with Crippen molar-refractivity contribution in [2.75, 3.05) is 25.1 Å². The van der Waals surface area contributed by atoms with E-state index in [4.69, 9.17) is 4.74 Å². The van der Waals surface area contributed by atoms with E-state index >= 15 is 0 Å². The predicted molar refractivity (Wildman–Crippen MR) is 73.1 cm³/mol. The van der Waals surface area contributed by atoms with Gasteiger partial charge in [0.2, 0.25) is 0 Å². The van der Waals surface area contributed by atoms with Crippen LogP contribution in [0, 0.1) is 11.3 Å². The number of benzene rings is 1. The van der Waals surface area contributed by atoms with Gasteiger partial charge in [0, 0.05) is 30.4 Å². The standard InChI is InChI=1S/C15H20N2O/c1-4-17(5-2)12-6-7-13(14(10-12)18-3)15(11-16)8-9-15/h6-7,10H,4-5,8-9H2,1-3H3. The van der Waals surface area contributed by atoms with E-state index in [1.807, 2.05) is 0 Å². The third-order valence-electron chi connectivity index (χ3n) is 3.79. The summed E-state index contributed by atoms with van der Waals surface area (Å²) >= 11 is 0. The van der Waals surface area contributed by atoms with Gasteiger partial charge in [0.25, 0.3) is 0 Å². The molecule has 1 saturated carbocycles. The summed E-state index contributed by atoms with van der Waals surface area (Å²) in [4.78, 5) is 2.28. The summed E-state index contributed by atoms with van der Waals surface area (Å²) < 4.78 is 5.48. The minimum absolute atomic E-state index is 0.285. The number of anilines is 1. The Morgan fingerprint density at radius 3 is 2.44 bits per heavy atom. The van der Waals surface area contributed by atoms with Crippen LogP contribution >= 0.6 is 0 Å². The first-order valence-electron chi connectivity index (χ1n) is 6.55. The van der Waals surface area contributed by atoms with Crippen LogP contribution in [0.2, 0.25) is 0 Å². The van der Waals surface area contributed by atoms with Crippen molar-refractivity contribution in [2.45, 2.75) is 32.1 Å². The van der Waals surface area contributed by atoms with Crippen molar-refractivity contribution in [3.05, 3.63) is 23.8 Å². The highest BCUT2D eigenvalue weighted by Crippen LogP contribution is 2.51. The lowest BCUT2D eigenvalue weighted by atomic mass is 9.96. The second-order valence-corrected chi connectivity index (χ2v) is 4.75. The zero-order valence-electron chi connectivity index (χ0n) is 11.4. The minimum atomic E-state index is -0.285. The molecule has 0 saturated heterocycles.